The normalized spacial score (nSPS) is 18.6. The number of nitrogens with zero attached hydrogens (tertiary/aromatic N) is 4. The lowest BCUT2D eigenvalue weighted by atomic mass is 9.95. The van der Waals surface area contributed by atoms with E-state index < -0.39 is 0 Å². The number of aromatic nitrogens is 3. The van der Waals surface area contributed by atoms with Crippen LogP contribution in [0, 0.1) is 0 Å². The van der Waals surface area contributed by atoms with Gasteiger partial charge in [-0.15, -0.1) is 0 Å². The molecule has 1 aliphatic carbocycles. The fourth-order valence-corrected chi connectivity index (χ4v) is 4.62. The van der Waals surface area contributed by atoms with Gasteiger partial charge >= 0.3 is 5.69 Å². The smallest absolute Gasteiger partial charge is 0.345 e. The van der Waals surface area contributed by atoms with Crippen LogP contribution in [0.1, 0.15) is 66.7 Å². The van der Waals surface area contributed by atoms with E-state index in [9.17, 15) is 9.59 Å². The summed E-state index contributed by atoms with van der Waals surface area (Å²) in [5.41, 5.74) is 0.596. The summed E-state index contributed by atoms with van der Waals surface area (Å²) in [6.45, 7) is 1.33. The molecule has 0 radical (unpaired) electrons. The maximum absolute atomic E-state index is 12.9. The van der Waals surface area contributed by atoms with Crippen LogP contribution < -0.4 is 10.4 Å². The predicted molar refractivity (Wildman–Crippen MR) is 106 cm³/mol. The van der Waals surface area contributed by atoms with Crippen molar-refractivity contribution in [3.05, 3.63) is 46.1 Å². The van der Waals surface area contributed by atoms with Crippen LogP contribution in [-0.4, -0.2) is 45.4 Å². The molecule has 4 rings (SSSR count). The van der Waals surface area contributed by atoms with Crippen molar-refractivity contribution in [1.82, 2.24) is 19.2 Å². The van der Waals surface area contributed by atoms with E-state index in [1.807, 2.05) is 33.7 Å². The first-order valence-electron chi connectivity index (χ1n) is 10.2. The molecule has 1 saturated carbocycles. The highest BCUT2D eigenvalue weighted by molar-refractivity contribution is 5.97. The highest BCUT2D eigenvalue weighted by atomic mass is 16.5. The Balaban J connectivity index is 1.50. The molecule has 0 atom stereocenters. The second kappa shape index (κ2) is 7.81. The number of hydrogen-bond acceptors (Lipinski definition) is 4. The van der Waals surface area contributed by atoms with Crippen molar-refractivity contribution in [2.24, 2.45) is 7.05 Å². The topological polar surface area (TPSA) is 69.4 Å². The van der Waals surface area contributed by atoms with Crippen LogP contribution in [0.5, 0.6) is 5.75 Å². The number of benzene rings is 1. The fraction of sp³-hybridized carbons (Fsp3) is 0.571. The summed E-state index contributed by atoms with van der Waals surface area (Å²) in [6.07, 6.45) is 6.12. The standard InChI is InChI=1S/C21H28N4O3/c1-23-21(27)25(16-7-3-4-8-16)19(22-23)15-11-13-24(14-12-15)20(26)17-9-5-6-10-18(17)28-2/h5-6,9-10,15-16H,3-4,7-8,11-14H2,1-2H3. The van der Waals surface area contributed by atoms with E-state index in [-0.39, 0.29) is 23.6 Å². The molecule has 0 unspecified atom stereocenters. The number of likely N-dealkylation sites (tertiary alicyclic amines) is 1. The molecule has 7 heteroatoms. The van der Waals surface area contributed by atoms with Gasteiger partial charge in [0.2, 0.25) is 0 Å². The van der Waals surface area contributed by atoms with Crippen LogP contribution in [-0.2, 0) is 7.05 Å². The number of amides is 1. The van der Waals surface area contributed by atoms with E-state index in [0.717, 1.165) is 31.5 Å². The van der Waals surface area contributed by atoms with Crippen molar-refractivity contribution in [2.75, 3.05) is 20.2 Å². The Bertz CT molecular complexity index is 903. The van der Waals surface area contributed by atoms with E-state index in [4.69, 9.17) is 4.74 Å². The molecule has 28 heavy (non-hydrogen) atoms. The van der Waals surface area contributed by atoms with Crippen LogP contribution in [0.3, 0.4) is 0 Å². The molecular weight excluding hydrogens is 356 g/mol. The number of ether oxygens (including phenoxy) is 1. The van der Waals surface area contributed by atoms with Gasteiger partial charge < -0.3 is 9.64 Å². The Morgan fingerprint density at radius 3 is 2.46 bits per heavy atom. The van der Waals surface area contributed by atoms with Crippen LogP contribution in [0.15, 0.2) is 29.1 Å². The molecule has 0 N–H and O–H groups in total. The third-order valence-electron chi connectivity index (χ3n) is 6.16. The fourth-order valence-electron chi connectivity index (χ4n) is 4.62. The lowest BCUT2D eigenvalue weighted by Crippen LogP contribution is -2.39. The highest BCUT2D eigenvalue weighted by Gasteiger charge is 2.32. The molecule has 1 saturated heterocycles. The van der Waals surface area contributed by atoms with Gasteiger partial charge in [0.25, 0.3) is 5.91 Å². The molecule has 0 bridgehead atoms. The van der Waals surface area contributed by atoms with Gasteiger partial charge in [0.05, 0.1) is 12.7 Å². The number of carbonyl (C=O) groups is 1. The van der Waals surface area contributed by atoms with Crippen LogP contribution in [0.2, 0.25) is 0 Å². The van der Waals surface area contributed by atoms with E-state index in [1.165, 1.54) is 17.5 Å². The van der Waals surface area contributed by atoms with Gasteiger partial charge in [-0.05, 0) is 37.8 Å². The molecular formula is C21H28N4O3. The molecule has 0 spiro atoms. The zero-order valence-electron chi connectivity index (χ0n) is 16.6. The predicted octanol–water partition coefficient (Wildman–Crippen LogP) is 2.73. The number of aryl methyl sites for hydroxylation is 1. The number of hydrogen-bond donors (Lipinski definition) is 0. The zero-order valence-corrected chi connectivity index (χ0v) is 16.6. The Morgan fingerprint density at radius 2 is 1.79 bits per heavy atom. The van der Waals surface area contributed by atoms with Crippen LogP contribution in [0.25, 0.3) is 0 Å². The summed E-state index contributed by atoms with van der Waals surface area (Å²) in [6, 6.07) is 7.63. The van der Waals surface area contributed by atoms with E-state index in [1.54, 1.807) is 14.2 Å². The number of methoxy groups -OCH3 is 1. The third-order valence-corrected chi connectivity index (χ3v) is 6.16. The zero-order chi connectivity index (χ0) is 19.7. The summed E-state index contributed by atoms with van der Waals surface area (Å²) in [5, 5.41) is 4.58. The minimum absolute atomic E-state index is 0.00473. The summed E-state index contributed by atoms with van der Waals surface area (Å²) in [7, 11) is 3.32. The van der Waals surface area contributed by atoms with E-state index in [2.05, 4.69) is 5.10 Å². The first-order valence-corrected chi connectivity index (χ1v) is 10.2. The monoisotopic (exact) mass is 384 g/mol. The van der Waals surface area contributed by atoms with Crippen molar-refractivity contribution >= 4 is 5.91 Å². The van der Waals surface area contributed by atoms with Crippen LogP contribution in [0.4, 0.5) is 0 Å². The maximum atomic E-state index is 12.9. The Hall–Kier alpha value is -2.57. The number of rotatable bonds is 4. The van der Waals surface area contributed by atoms with Gasteiger partial charge in [0.15, 0.2) is 0 Å². The van der Waals surface area contributed by atoms with E-state index >= 15 is 0 Å². The van der Waals surface area contributed by atoms with Gasteiger partial charge in [0.1, 0.15) is 11.6 Å². The Labute approximate surface area is 164 Å². The summed E-state index contributed by atoms with van der Waals surface area (Å²) >= 11 is 0. The molecule has 2 aromatic rings. The van der Waals surface area contributed by atoms with Crippen molar-refractivity contribution in [2.45, 2.75) is 50.5 Å². The quantitative estimate of drug-likeness (QED) is 0.813. The maximum Gasteiger partial charge on any atom is 0.345 e. The SMILES string of the molecule is COc1ccccc1C(=O)N1CCC(c2nn(C)c(=O)n2C2CCCC2)CC1. The molecule has 1 aliphatic heterocycles. The third kappa shape index (κ3) is 3.34. The first-order chi connectivity index (χ1) is 13.6. The minimum Gasteiger partial charge on any atom is -0.496 e. The second-order valence-corrected chi connectivity index (χ2v) is 7.84. The van der Waals surface area contributed by atoms with Gasteiger partial charge in [-0.2, -0.15) is 5.10 Å². The summed E-state index contributed by atoms with van der Waals surface area (Å²) in [4.78, 5) is 27.4. The summed E-state index contributed by atoms with van der Waals surface area (Å²) in [5.74, 6) is 1.74. The second-order valence-electron chi connectivity index (χ2n) is 7.84. The van der Waals surface area contributed by atoms with Crippen molar-refractivity contribution in [1.29, 1.82) is 0 Å². The molecule has 2 aliphatic rings. The lowest BCUT2D eigenvalue weighted by Gasteiger charge is -2.32. The Morgan fingerprint density at radius 1 is 1.11 bits per heavy atom. The first kappa shape index (κ1) is 18.8. The number of carbonyl (C=O) groups excluding carboxylic acids is 1. The van der Waals surface area contributed by atoms with E-state index in [0.29, 0.717) is 24.4 Å². The number of piperidine rings is 1. The van der Waals surface area contributed by atoms with Crippen molar-refractivity contribution in [3.63, 3.8) is 0 Å². The Kier molecular flexibility index (Phi) is 5.24. The van der Waals surface area contributed by atoms with Gasteiger partial charge in [0, 0.05) is 32.1 Å². The molecule has 1 amide bonds. The average Bonchev–Trinajstić information content (AvgIpc) is 3.36. The molecule has 150 valence electrons. The lowest BCUT2D eigenvalue weighted by molar-refractivity contribution is 0.0706. The van der Waals surface area contributed by atoms with Gasteiger partial charge in [-0.25, -0.2) is 9.48 Å². The van der Waals surface area contributed by atoms with Crippen molar-refractivity contribution in [3.8, 4) is 5.75 Å². The number of para-hydroxylation sites is 1. The summed E-state index contributed by atoms with van der Waals surface area (Å²) < 4.78 is 8.75. The largest absolute Gasteiger partial charge is 0.496 e. The molecule has 2 heterocycles. The molecule has 1 aromatic heterocycles. The van der Waals surface area contributed by atoms with Gasteiger partial charge in [-0.1, -0.05) is 25.0 Å². The highest BCUT2D eigenvalue weighted by Crippen LogP contribution is 2.34. The van der Waals surface area contributed by atoms with Gasteiger partial charge in [-0.3, -0.25) is 9.36 Å². The van der Waals surface area contributed by atoms with Crippen molar-refractivity contribution < 1.29 is 9.53 Å². The van der Waals surface area contributed by atoms with Crippen LogP contribution >= 0.6 is 0 Å². The molecule has 2 fully saturated rings. The molecule has 1 aromatic carbocycles. The minimum atomic E-state index is -0.00516. The molecule has 7 nitrogen and oxygen atoms in total. The average molecular weight is 384 g/mol.